The molecule has 2 aromatic rings. The number of aromatic nitrogens is 4. The van der Waals surface area contributed by atoms with Crippen LogP contribution in [0.25, 0.3) is 11.2 Å². The van der Waals surface area contributed by atoms with Crippen molar-refractivity contribution in [1.82, 2.24) is 19.5 Å². The highest BCUT2D eigenvalue weighted by atomic mass is 31.2. The van der Waals surface area contributed by atoms with E-state index < -0.39 is 37.9 Å². The number of nitrogens with one attached hydrogen (secondary N) is 1. The van der Waals surface area contributed by atoms with Crippen LogP contribution in [-0.4, -0.2) is 49.5 Å². The summed E-state index contributed by atoms with van der Waals surface area (Å²) in [6, 6.07) is 0. The Labute approximate surface area is 127 Å². The van der Waals surface area contributed by atoms with Crippen molar-refractivity contribution in [3.8, 4) is 0 Å². The molecule has 0 spiro atoms. The molecular weight excluding hydrogens is 333 g/mol. The second-order valence-electron chi connectivity index (χ2n) is 5.41. The summed E-state index contributed by atoms with van der Waals surface area (Å²) < 4.78 is 31.1. The first-order valence-corrected chi connectivity index (χ1v) is 8.18. The van der Waals surface area contributed by atoms with E-state index in [4.69, 9.17) is 19.7 Å². The minimum absolute atomic E-state index is 0.0721. The first-order valence-electron chi connectivity index (χ1n) is 6.72. The molecule has 12 nitrogen and oxygen atoms in total. The maximum atomic E-state index is 11.9. The highest BCUT2D eigenvalue weighted by molar-refractivity contribution is 7.53. The quantitative estimate of drug-likeness (QED) is 0.254. The van der Waals surface area contributed by atoms with Crippen molar-refractivity contribution in [3.63, 3.8) is 0 Å². The van der Waals surface area contributed by atoms with Crippen molar-refractivity contribution in [3.05, 3.63) is 16.7 Å². The first-order chi connectivity index (χ1) is 11.0. The lowest BCUT2D eigenvalue weighted by Gasteiger charge is -2.17. The zero-order valence-corrected chi connectivity index (χ0v) is 12.3. The molecule has 0 bridgehead atoms. The summed E-state index contributed by atoms with van der Waals surface area (Å²) in [4.78, 5) is 22.1. The Morgan fingerprint density at radius 3 is 3.22 bits per heavy atom. The van der Waals surface area contributed by atoms with Gasteiger partial charge < -0.3 is 15.6 Å². The summed E-state index contributed by atoms with van der Waals surface area (Å²) in [6.45, 7) is 0.137. The SMILES string of the molecule is Nc1nc2c(ncn2[C@@H]2O[C@@H]3C[O+]4O[P@]4(=O)O[C@H]3[C@H]2O)c(=O)[nH]1. The number of nitrogens with zero attached hydrogens (tertiary/aromatic N) is 3. The first kappa shape index (κ1) is 13.6. The lowest BCUT2D eigenvalue weighted by atomic mass is 10.1. The molecule has 0 amide bonds. The van der Waals surface area contributed by atoms with Crippen molar-refractivity contribution in [2.45, 2.75) is 24.5 Å². The lowest BCUT2D eigenvalue weighted by molar-refractivity contribution is -0.190. The van der Waals surface area contributed by atoms with Gasteiger partial charge in [0.2, 0.25) is 12.6 Å². The zero-order chi connectivity index (χ0) is 15.9. The fourth-order valence-electron chi connectivity index (χ4n) is 2.91. The maximum Gasteiger partial charge on any atom is 0.743 e. The Balaban J connectivity index is 1.56. The average Bonchev–Trinajstić information content (AvgIpc) is 2.81. The molecule has 3 saturated heterocycles. The van der Waals surface area contributed by atoms with Gasteiger partial charge in [-0.25, -0.2) is 9.51 Å². The van der Waals surface area contributed by atoms with E-state index in [9.17, 15) is 14.5 Å². The Morgan fingerprint density at radius 2 is 2.39 bits per heavy atom. The third kappa shape index (κ3) is 1.78. The molecule has 3 fully saturated rings. The summed E-state index contributed by atoms with van der Waals surface area (Å²) in [6.07, 6.45) is -2.12. The van der Waals surface area contributed by atoms with Gasteiger partial charge in [0.1, 0.15) is 12.2 Å². The summed E-state index contributed by atoms with van der Waals surface area (Å²) in [5.74, 6) is -0.0776. The van der Waals surface area contributed by atoms with Crippen molar-refractivity contribution in [1.29, 1.82) is 0 Å². The number of nitrogen functional groups attached to an aromatic ring is 1. The highest BCUT2D eigenvalue weighted by Gasteiger charge is 2.77. The van der Waals surface area contributed by atoms with Crippen molar-refractivity contribution < 1.29 is 27.9 Å². The minimum Gasteiger partial charge on any atom is -0.386 e. The predicted octanol–water partition coefficient (Wildman–Crippen LogP) is -1.04. The lowest BCUT2D eigenvalue weighted by Crippen LogP contribution is -2.37. The molecule has 23 heavy (non-hydrogen) atoms. The van der Waals surface area contributed by atoms with Crippen molar-refractivity contribution >= 4 is 24.9 Å². The van der Waals surface area contributed by atoms with Gasteiger partial charge in [0.05, 0.1) is 11.0 Å². The molecule has 3 aliphatic heterocycles. The molecule has 4 N–H and O–H groups in total. The van der Waals surface area contributed by atoms with Crippen LogP contribution in [0, 0.1) is 0 Å². The van der Waals surface area contributed by atoms with Crippen molar-refractivity contribution in [2.75, 3.05) is 12.3 Å². The number of rotatable bonds is 1. The molecule has 5 atom stereocenters. The largest absolute Gasteiger partial charge is 0.743 e. The monoisotopic (exact) mass is 344 g/mol. The van der Waals surface area contributed by atoms with Crippen LogP contribution in [0.15, 0.2) is 11.1 Å². The van der Waals surface area contributed by atoms with E-state index in [1.54, 1.807) is 0 Å². The molecule has 2 aromatic heterocycles. The maximum absolute atomic E-state index is 11.9. The third-order valence-corrected chi connectivity index (χ3v) is 5.46. The van der Waals surface area contributed by atoms with Crippen LogP contribution in [0.4, 0.5) is 5.95 Å². The zero-order valence-electron chi connectivity index (χ0n) is 11.4. The number of anilines is 1. The van der Waals surface area contributed by atoms with E-state index in [2.05, 4.69) is 15.0 Å². The second-order valence-corrected chi connectivity index (χ2v) is 7.07. The molecular formula is C10H11N5O7P+. The smallest absolute Gasteiger partial charge is 0.386 e. The van der Waals surface area contributed by atoms with Gasteiger partial charge in [0.15, 0.2) is 23.5 Å². The van der Waals surface area contributed by atoms with Gasteiger partial charge in [-0.3, -0.25) is 14.3 Å². The van der Waals surface area contributed by atoms with Gasteiger partial charge in [0.25, 0.3) is 5.56 Å². The number of hydrogen-bond acceptors (Lipinski definition) is 9. The second kappa shape index (κ2) is 4.17. The van der Waals surface area contributed by atoms with Gasteiger partial charge in [-0.1, -0.05) is 0 Å². The van der Waals surface area contributed by atoms with Gasteiger partial charge in [-0.05, 0) is 0 Å². The fourth-order valence-corrected chi connectivity index (χ4v) is 4.34. The van der Waals surface area contributed by atoms with E-state index in [-0.39, 0.29) is 23.7 Å². The van der Waals surface area contributed by atoms with Gasteiger partial charge >= 0.3 is 7.82 Å². The number of imidazole rings is 1. The Hall–Kier alpha value is -1.82. The fraction of sp³-hybridized carbons (Fsp3) is 0.500. The summed E-state index contributed by atoms with van der Waals surface area (Å²) in [5, 5.41) is 10.5. The van der Waals surface area contributed by atoms with E-state index in [0.29, 0.717) is 0 Å². The molecule has 0 unspecified atom stereocenters. The molecule has 0 saturated carbocycles. The number of aliphatic hydroxyl groups is 1. The molecule has 13 heteroatoms. The summed E-state index contributed by atoms with van der Waals surface area (Å²) >= 11 is 0. The molecule has 0 aromatic carbocycles. The number of ether oxygens (including phenoxy) is 1. The minimum atomic E-state index is -3.30. The van der Waals surface area contributed by atoms with Gasteiger partial charge in [0, 0.05) is 0 Å². The van der Waals surface area contributed by atoms with Gasteiger partial charge in [-0.15, -0.1) is 4.30 Å². The standard InChI is InChI=1S/C10H10N5O7P/c11-10-13-7-4(8(17)14-10)12-2-15(7)9-5(16)6-3(19-9)1-22-21-23(22,18)20-6/h2-3,5-6,9,16H,1H2,(H2-,11,13,14,17)/p+1/t3-,5-,6-,9-,23+/m1/s1. The van der Waals surface area contributed by atoms with Crippen LogP contribution < -0.4 is 11.3 Å². The molecule has 0 radical (unpaired) electrons. The number of hydrogen-bond donors (Lipinski definition) is 3. The molecule has 3 aliphatic rings. The number of aliphatic hydroxyl groups excluding tert-OH is 1. The topological polar surface area (TPSA) is 161 Å². The molecule has 0 aliphatic carbocycles. The van der Waals surface area contributed by atoms with Gasteiger partial charge in [-0.2, -0.15) is 9.55 Å². The van der Waals surface area contributed by atoms with Crippen molar-refractivity contribution in [2.24, 2.45) is 0 Å². The van der Waals surface area contributed by atoms with Crippen LogP contribution in [0.2, 0.25) is 0 Å². The number of aromatic amines is 1. The number of H-pyrrole nitrogens is 1. The van der Waals surface area contributed by atoms with Crippen LogP contribution in [0.1, 0.15) is 6.23 Å². The van der Waals surface area contributed by atoms with E-state index in [1.807, 2.05) is 4.30 Å². The average molecular weight is 344 g/mol. The van der Waals surface area contributed by atoms with E-state index in [1.165, 1.54) is 10.9 Å². The van der Waals surface area contributed by atoms with Crippen LogP contribution in [0.5, 0.6) is 0 Å². The Bertz CT molecular complexity index is 926. The molecule has 5 heterocycles. The Morgan fingerprint density at radius 1 is 1.57 bits per heavy atom. The Kier molecular flexibility index (Phi) is 2.47. The summed E-state index contributed by atoms with van der Waals surface area (Å²) in [7, 11) is -3.30. The molecule has 122 valence electrons. The van der Waals surface area contributed by atoms with Crippen LogP contribution in [0.3, 0.4) is 0 Å². The normalized spacial score (nSPS) is 39.3. The van der Waals surface area contributed by atoms with E-state index >= 15 is 0 Å². The molecule has 5 rings (SSSR count). The third-order valence-electron chi connectivity index (χ3n) is 4.00. The number of fused-ring (bicyclic) bond motifs is 3. The summed E-state index contributed by atoms with van der Waals surface area (Å²) in [5.41, 5.74) is 5.30. The van der Waals surface area contributed by atoms with E-state index in [0.717, 1.165) is 0 Å². The highest BCUT2D eigenvalue weighted by Crippen LogP contribution is 2.76. The van der Waals surface area contributed by atoms with Crippen LogP contribution in [-0.2, 0) is 22.8 Å². The number of nitrogens with two attached hydrogens (primary N) is 1. The predicted molar refractivity (Wildman–Crippen MR) is 72.0 cm³/mol. The van der Waals surface area contributed by atoms with Crippen LogP contribution >= 0.6 is 7.82 Å².